The van der Waals surface area contributed by atoms with Crippen LogP contribution in [0.25, 0.3) is 0 Å². The molecule has 0 aromatic rings. The maximum Gasteiger partial charge on any atom is -0.0190 e. The molecular formula is C14H18. The highest BCUT2D eigenvalue weighted by Gasteiger charge is 2.18. The van der Waals surface area contributed by atoms with E-state index in [2.05, 4.69) is 45.9 Å². The standard InChI is InChI=1S/C14H18/c1-9-5-13(6-10(9)2)14-7-11(3)12(4)8-14/h5-7,12H,8H2,1-4H3. The highest BCUT2D eigenvalue weighted by atomic mass is 14.2. The summed E-state index contributed by atoms with van der Waals surface area (Å²) in [4.78, 5) is 0. The molecule has 0 amide bonds. The minimum atomic E-state index is 0.737. The summed E-state index contributed by atoms with van der Waals surface area (Å²) in [6, 6.07) is 0. The van der Waals surface area contributed by atoms with E-state index in [-0.39, 0.29) is 0 Å². The summed E-state index contributed by atoms with van der Waals surface area (Å²) in [5.41, 5.74) is 7.31. The lowest BCUT2D eigenvalue weighted by molar-refractivity contribution is 0.714. The molecule has 0 N–H and O–H groups in total. The molecule has 2 aliphatic rings. The topological polar surface area (TPSA) is 0 Å². The molecular weight excluding hydrogens is 168 g/mol. The Morgan fingerprint density at radius 3 is 2.00 bits per heavy atom. The average molecular weight is 186 g/mol. The van der Waals surface area contributed by atoms with Crippen LogP contribution in [-0.4, -0.2) is 0 Å². The van der Waals surface area contributed by atoms with Crippen LogP contribution in [0.4, 0.5) is 0 Å². The van der Waals surface area contributed by atoms with E-state index in [4.69, 9.17) is 0 Å². The second kappa shape index (κ2) is 3.27. The monoisotopic (exact) mass is 186 g/mol. The van der Waals surface area contributed by atoms with Gasteiger partial charge in [0.15, 0.2) is 0 Å². The molecule has 14 heavy (non-hydrogen) atoms. The highest BCUT2D eigenvalue weighted by Crippen LogP contribution is 2.34. The smallest absolute Gasteiger partial charge is 0.0190 e. The molecule has 0 saturated carbocycles. The van der Waals surface area contributed by atoms with E-state index in [1.807, 2.05) is 0 Å². The van der Waals surface area contributed by atoms with Gasteiger partial charge in [-0.05, 0) is 55.4 Å². The molecule has 2 rings (SSSR count). The Bertz CT molecular complexity index is 366. The molecule has 0 heteroatoms. The second-order valence-electron chi connectivity index (χ2n) is 4.63. The van der Waals surface area contributed by atoms with Crippen molar-refractivity contribution < 1.29 is 0 Å². The summed E-state index contributed by atoms with van der Waals surface area (Å²) in [5.74, 6) is 0.737. The van der Waals surface area contributed by atoms with Gasteiger partial charge >= 0.3 is 0 Å². The van der Waals surface area contributed by atoms with E-state index in [0.29, 0.717) is 0 Å². The fourth-order valence-electron chi connectivity index (χ4n) is 2.09. The lowest BCUT2D eigenvalue weighted by Crippen LogP contribution is -1.88. The van der Waals surface area contributed by atoms with Crippen molar-refractivity contribution in [2.24, 2.45) is 5.92 Å². The lowest BCUT2D eigenvalue weighted by Gasteiger charge is -2.02. The fourth-order valence-corrected chi connectivity index (χ4v) is 2.09. The summed E-state index contributed by atoms with van der Waals surface area (Å²) in [7, 11) is 0. The Labute approximate surface area is 86.7 Å². The molecule has 0 saturated heterocycles. The summed E-state index contributed by atoms with van der Waals surface area (Å²) in [6.45, 7) is 8.92. The van der Waals surface area contributed by atoms with Gasteiger partial charge in [0.1, 0.15) is 0 Å². The summed E-state index contributed by atoms with van der Waals surface area (Å²) in [5, 5.41) is 0. The van der Waals surface area contributed by atoms with Crippen LogP contribution in [0.2, 0.25) is 0 Å². The molecule has 0 spiro atoms. The zero-order chi connectivity index (χ0) is 10.3. The van der Waals surface area contributed by atoms with Crippen molar-refractivity contribution >= 4 is 0 Å². The molecule has 0 aromatic heterocycles. The van der Waals surface area contributed by atoms with Crippen molar-refractivity contribution in [1.82, 2.24) is 0 Å². The number of hydrogen-bond donors (Lipinski definition) is 0. The number of hydrogen-bond acceptors (Lipinski definition) is 0. The van der Waals surface area contributed by atoms with Gasteiger partial charge in [0.2, 0.25) is 0 Å². The molecule has 2 aliphatic carbocycles. The van der Waals surface area contributed by atoms with Crippen LogP contribution < -0.4 is 0 Å². The minimum Gasteiger partial charge on any atom is -0.0699 e. The van der Waals surface area contributed by atoms with Crippen molar-refractivity contribution in [3.05, 3.63) is 46.1 Å². The summed E-state index contributed by atoms with van der Waals surface area (Å²) >= 11 is 0. The largest absolute Gasteiger partial charge is 0.0699 e. The van der Waals surface area contributed by atoms with Crippen LogP contribution in [-0.2, 0) is 0 Å². The van der Waals surface area contributed by atoms with Crippen molar-refractivity contribution in [3.8, 4) is 0 Å². The molecule has 1 atom stereocenters. The molecule has 74 valence electrons. The van der Waals surface area contributed by atoms with E-state index in [9.17, 15) is 0 Å². The van der Waals surface area contributed by atoms with Gasteiger partial charge in [0.05, 0.1) is 0 Å². The van der Waals surface area contributed by atoms with Crippen molar-refractivity contribution in [3.63, 3.8) is 0 Å². The van der Waals surface area contributed by atoms with Gasteiger partial charge < -0.3 is 0 Å². The van der Waals surface area contributed by atoms with E-state index in [1.165, 1.54) is 34.3 Å². The van der Waals surface area contributed by atoms with Crippen LogP contribution >= 0.6 is 0 Å². The molecule has 1 unspecified atom stereocenters. The zero-order valence-electron chi connectivity index (χ0n) is 9.52. The third kappa shape index (κ3) is 1.50. The Morgan fingerprint density at radius 1 is 1.00 bits per heavy atom. The maximum absolute atomic E-state index is 2.36. The summed E-state index contributed by atoms with van der Waals surface area (Å²) < 4.78 is 0. The molecule has 0 aliphatic heterocycles. The molecule has 0 nitrogen and oxygen atoms in total. The predicted octanol–water partition coefficient (Wildman–Crippen LogP) is 4.18. The Kier molecular flexibility index (Phi) is 2.22. The third-order valence-electron chi connectivity index (χ3n) is 3.44. The van der Waals surface area contributed by atoms with Gasteiger partial charge in [0.25, 0.3) is 0 Å². The van der Waals surface area contributed by atoms with Gasteiger partial charge in [-0.15, -0.1) is 0 Å². The number of allylic oxidation sites excluding steroid dienone is 8. The first kappa shape index (κ1) is 9.51. The van der Waals surface area contributed by atoms with E-state index >= 15 is 0 Å². The third-order valence-corrected chi connectivity index (χ3v) is 3.44. The lowest BCUT2D eigenvalue weighted by atomic mass is 10.0. The van der Waals surface area contributed by atoms with Crippen molar-refractivity contribution in [2.45, 2.75) is 34.1 Å². The molecule has 0 bridgehead atoms. The van der Waals surface area contributed by atoms with Crippen LogP contribution in [0.3, 0.4) is 0 Å². The van der Waals surface area contributed by atoms with Crippen LogP contribution in [0.5, 0.6) is 0 Å². The zero-order valence-corrected chi connectivity index (χ0v) is 9.52. The van der Waals surface area contributed by atoms with Gasteiger partial charge in [0, 0.05) is 0 Å². The van der Waals surface area contributed by atoms with Gasteiger partial charge in [-0.3, -0.25) is 0 Å². The first-order valence-electron chi connectivity index (χ1n) is 5.36. The quantitative estimate of drug-likeness (QED) is 0.532. The predicted molar refractivity (Wildman–Crippen MR) is 62.1 cm³/mol. The Morgan fingerprint density at radius 2 is 1.57 bits per heavy atom. The first-order chi connectivity index (χ1) is 6.58. The Hall–Kier alpha value is -1.04. The highest BCUT2D eigenvalue weighted by molar-refractivity contribution is 5.55. The molecule has 0 aromatic carbocycles. The first-order valence-corrected chi connectivity index (χ1v) is 5.36. The Balaban J connectivity index is 2.38. The van der Waals surface area contributed by atoms with Gasteiger partial charge in [-0.2, -0.15) is 0 Å². The van der Waals surface area contributed by atoms with E-state index in [1.54, 1.807) is 0 Å². The van der Waals surface area contributed by atoms with Gasteiger partial charge in [-0.1, -0.05) is 30.7 Å². The van der Waals surface area contributed by atoms with Gasteiger partial charge in [-0.25, -0.2) is 0 Å². The maximum atomic E-state index is 2.36. The minimum absolute atomic E-state index is 0.737. The second-order valence-corrected chi connectivity index (χ2v) is 4.63. The molecule has 0 heterocycles. The fraction of sp³-hybridized carbons (Fsp3) is 0.429. The van der Waals surface area contributed by atoms with E-state index < -0.39 is 0 Å². The normalized spacial score (nSPS) is 26.6. The number of rotatable bonds is 0. The van der Waals surface area contributed by atoms with Crippen molar-refractivity contribution in [2.75, 3.05) is 0 Å². The molecule has 0 fully saturated rings. The van der Waals surface area contributed by atoms with Crippen LogP contribution in [0, 0.1) is 5.92 Å². The molecule has 0 radical (unpaired) electrons. The summed E-state index contributed by atoms with van der Waals surface area (Å²) in [6.07, 6.45) is 8.20. The van der Waals surface area contributed by atoms with Crippen LogP contribution in [0.1, 0.15) is 34.1 Å². The SMILES string of the molecule is CC1=CC(=C2C=C(C)C(C)C2)C=C1C. The van der Waals surface area contributed by atoms with E-state index in [0.717, 1.165) is 5.92 Å². The van der Waals surface area contributed by atoms with Crippen LogP contribution in [0.15, 0.2) is 46.1 Å². The van der Waals surface area contributed by atoms with Crippen molar-refractivity contribution in [1.29, 1.82) is 0 Å². The average Bonchev–Trinajstić information content (AvgIpc) is 2.60.